The van der Waals surface area contributed by atoms with Crippen LogP contribution in [0.15, 0.2) is 28.6 Å². The number of aromatic amines is 1. The quantitative estimate of drug-likeness (QED) is 0.517. The van der Waals surface area contributed by atoms with Gasteiger partial charge in [0.2, 0.25) is 0 Å². The van der Waals surface area contributed by atoms with Crippen molar-refractivity contribution in [2.45, 2.75) is 51.2 Å². The predicted molar refractivity (Wildman–Crippen MR) is 122 cm³/mol. The number of nitrogens with one attached hydrogen (secondary N) is 2. The normalized spacial score (nSPS) is 12.9. The van der Waals surface area contributed by atoms with E-state index in [1.54, 1.807) is 12.1 Å². The number of thiophene rings is 1. The first kappa shape index (κ1) is 22.7. The minimum Gasteiger partial charge on any atom is -0.322 e. The lowest BCUT2D eigenvalue weighted by molar-refractivity contribution is 0.462. The fourth-order valence-corrected chi connectivity index (χ4v) is 6.04. The molecular weight excluding hydrogens is 442 g/mol. The molecule has 0 saturated heterocycles. The van der Waals surface area contributed by atoms with E-state index in [4.69, 9.17) is 11.6 Å². The number of halogens is 1. The van der Waals surface area contributed by atoms with Crippen LogP contribution in [-0.2, 0) is 15.3 Å². The van der Waals surface area contributed by atoms with Gasteiger partial charge in [-0.3, -0.25) is 5.10 Å². The van der Waals surface area contributed by atoms with Crippen LogP contribution >= 0.6 is 22.9 Å². The molecular formula is C20H26ClN5O2S2. The number of H-pyrrole nitrogens is 1. The van der Waals surface area contributed by atoms with Gasteiger partial charge < -0.3 is 5.32 Å². The van der Waals surface area contributed by atoms with E-state index in [1.165, 1.54) is 6.20 Å². The van der Waals surface area contributed by atoms with Crippen LogP contribution in [0.4, 0.5) is 11.6 Å². The van der Waals surface area contributed by atoms with Gasteiger partial charge in [0, 0.05) is 17.2 Å². The van der Waals surface area contributed by atoms with Gasteiger partial charge in [-0.15, -0.1) is 11.3 Å². The Labute approximate surface area is 186 Å². The third kappa shape index (κ3) is 5.39. The molecule has 0 radical (unpaired) electrons. The molecule has 0 aromatic carbocycles. The summed E-state index contributed by atoms with van der Waals surface area (Å²) in [6.45, 7) is 12.0. The van der Waals surface area contributed by atoms with Gasteiger partial charge in [0.1, 0.15) is 9.23 Å². The Hall–Kier alpha value is -1.97. The van der Waals surface area contributed by atoms with Gasteiger partial charge in [-0.2, -0.15) is 5.10 Å². The average Bonchev–Trinajstić information content (AvgIpc) is 3.24. The van der Waals surface area contributed by atoms with Crippen molar-refractivity contribution in [1.82, 2.24) is 20.2 Å². The van der Waals surface area contributed by atoms with E-state index in [0.29, 0.717) is 31.6 Å². The van der Waals surface area contributed by atoms with Gasteiger partial charge in [-0.1, -0.05) is 53.1 Å². The maximum atomic E-state index is 12.7. The highest BCUT2D eigenvalue weighted by Crippen LogP contribution is 2.33. The Morgan fingerprint density at radius 3 is 2.47 bits per heavy atom. The minimum atomic E-state index is -3.38. The maximum absolute atomic E-state index is 12.7. The second-order valence-corrected chi connectivity index (χ2v) is 13.1. The molecule has 0 fully saturated rings. The molecule has 0 saturated carbocycles. The zero-order valence-corrected chi connectivity index (χ0v) is 20.3. The predicted octanol–water partition coefficient (Wildman–Crippen LogP) is 5.44. The fourth-order valence-electron chi connectivity index (χ4n) is 2.71. The topological polar surface area (TPSA) is 101 Å². The van der Waals surface area contributed by atoms with E-state index in [9.17, 15) is 8.42 Å². The van der Waals surface area contributed by atoms with Gasteiger partial charge in [0.25, 0.3) is 0 Å². The molecule has 0 atom stereocenters. The summed E-state index contributed by atoms with van der Waals surface area (Å²) in [5.41, 5.74) is 0.577. The molecule has 3 heterocycles. The summed E-state index contributed by atoms with van der Waals surface area (Å²) in [4.78, 5) is 9.41. The number of hydrogen-bond acceptors (Lipinski definition) is 7. The van der Waals surface area contributed by atoms with E-state index in [-0.39, 0.29) is 16.6 Å². The first-order valence-electron chi connectivity index (χ1n) is 9.43. The van der Waals surface area contributed by atoms with Crippen LogP contribution in [0, 0.1) is 5.41 Å². The summed E-state index contributed by atoms with van der Waals surface area (Å²) in [6.07, 6.45) is 1.49. The fraction of sp³-hybridized carbons (Fsp3) is 0.450. The highest BCUT2D eigenvalue weighted by atomic mass is 35.5. The first-order chi connectivity index (χ1) is 13.7. The van der Waals surface area contributed by atoms with Crippen LogP contribution in [0.2, 0.25) is 5.02 Å². The number of rotatable bonds is 5. The summed E-state index contributed by atoms with van der Waals surface area (Å²) in [5, 5.41) is 10.7. The van der Waals surface area contributed by atoms with Gasteiger partial charge in [-0.05, 0) is 17.5 Å². The van der Waals surface area contributed by atoms with Crippen molar-refractivity contribution < 1.29 is 8.42 Å². The average molecular weight is 468 g/mol. The number of sulfone groups is 1. The SMILES string of the molecule is CC(C)(C)CS(=O)(=O)c1ccc(-c2ncc(Cl)c(Nc3cc(C(C)(C)C)[nH]n3)n2)s1. The smallest absolute Gasteiger partial charge is 0.188 e. The van der Waals surface area contributed by atoms with Gasteiger partial charge >= 0.3 is 0 Å². The lowest BCUT2D eigenvalue weighted by Crippen LogP contribution is -2.20. The lowest BCUT2D eigenvalue weighted by Gasteiger charge is -2.16. The van der Waals surface area contributed by atoms with Gasteiger partial charge in [-0.25, -0.2) is 18.4 Å². The van der Waals surface area contributed by atoms with Crippen molar-refractivity contribution in [2.75, 3.05) is 11.1 Å². The number of aromatic nitrogens is 4. The van der Waals surface area contributed by atoms with Crippen LogP contribution in [0.1, 0.15) is 47.2 Å². The van der Waals surface area contributed by atoms with Crippen LogP contribution in [-0.4, -0.2) is 34.3 Å². The summed E-state index contributed by atoms with van der Waals surface area (Å²) >= 11 is 7.42. The molecule has 30 heavy (non-hydrogen) atoms. The molecule has 0 aliphatic heterocycles. The van der Waals surface area contributed by atoms with E-state index in [0.717, 1.165) is 17.0 Å². The largest absolute Gasteiger partial charge is 0.322 e. The summed E-state index contributed by atoms with van der Waals surface area (Å²) in [5.74, 6) is 1.46. The highest BCUT2D eigenvalue weighted by Gasteiger charge is 2.25. The Balaban J connectivity index is 1.87. The van der Waals surface area contributed by atoms with Crippen molar-refractivity contribution in [2.24, 2.45) is 5.41 Å². The minimum absolute atomic E-state index is 0.0700. The number of hydrogen-bond donors (Lipinski definition) is 2. The molecule has 7 nitrogen and oxygen atoms in total. The van der Waals surface area contributed by atoms with E-state index in [2.05, 4.69) is 46.3 Å². The van der Waals surface area contributed by atoms with Crippen molar-refractivity contribution in [3.8, 4) is 10.7 Å². The second-order valence-electron chi connectivity index (χ2n) is 9.37. The van der Waals surface area contributed by atoms with E-state index < -0.39 is 9.84 Å². The van der Waals surface area contributed by atoms with Crippen LogP contribution in [0.3, 0.4) is 0 Å². The first-order valence-corrected chi connectivity index (χ1v) is 12.3. The molecule has 10 heteroatoms. The molecule has 0 bridgehead atoms. The molecule has 0 unspecified atom stereocenters. The molecule has 3 rings (SSSR count). The molecule has 162 valence electrons. The summed E-state index contributed by atoms with van der Waals surface area (Å²) in [7, 11) is -3.38. The highest BCUT2D eigenvalue weighted by molar-refractivity contribution is 7.93. The van der Waals surface area contributed by atoms with Crippen LogP contribution in [0.25, 0.3) is 10.7 Å². The number of nitrogens with zero attached hydrogens (tertiary/aromatic N) is 3. The monoisotopic (exact) mass is 467 g/mol. The Morgan fingerprint density at radius 1 is 1.17 bits per heavy atom. The van der Waals surface area contributed by atoms with Crippen molar-refractivity contribution >= 4 is 44.4 Å². The molecule has 0 aliphatic carbocycles. The molecule has 3 aromatic heterocycles. The molecule has 0 spiro atoms. The van der Waals surface area contributed by atoms with E-state index in [1.807, 2.05) is 26.8 Å². The van der Waals surface area contributed by atoms with E-state index >= 15 is 0 Å². The molecule has 3 aromatic rings. The Kier molecular flexibility index (Phi) is 6.01. The third-order valence-corrected chi connectivity index (χ3v) is 8.27. The molecule has 0 aliphatic rings. The standard InChI is InChI=1S/C20H26ClN5O2S2/c1-19(2,3)11-30(27,28)16-8-7-13(29-16)18-22-10-12(21)17(24-18)23-15-9-14(25-26-15)20(4,5)6/h7-10H,11H2,1-6H3,(H2,22,23,24,25,26). The third-order valence-electron chi connectivity index (χ3n) is 4.11. The summed E-state index contributed by atoms with van der Waals surface area (Å²) < 4.78 is 25.6. The van der Waals surface area contributed by atoms with Crippen molar-refractivity contribution in [3.63, 3.8) is 0 Å². The molecule has 0 amide bonds. The zero-order valence-electron chi connectivity index (χ0n) is 17.9. The second kappa shape index (κ2) is 7.94. The van der Waals surface area contributed by atoms with Gasteiger partial charge in [0.05, 0.1) is 16.8 Å². The van der Waals surface area contributed by atoms with Crippen LogP contribution in [0.5, 0.6) is 0 Å². The van der Waals surface area contributed by atoms with Gasteiger partial charge in [0.15, 0.2) is 27.3 Å². The van der Waals surface area contributed by atoms with Crippen molar-refractivity contribution in [3.05, 3.63) is 35.1 Å². The molecule has 2 N–H and O–H groups in total. The Bertz CT molecular complexity index is 1150. The maximum Gasteiger partial charge on any atom is 0.188 e. The lowest BCUT2D eigenvalue weighted by atomic mass is 9.92. The van der Waals surface area contributed by atoms with Crippen LogP contribution < -0.4 is 5.32 Å². The zero-order chi connectivity index (χ0) is 22.3. The Morgan fingerprint density at radius 2 is 1.87 bits per heavy atom. The van der Waals surface area contributed by atoms with Crippen molar-refractivity contribution in [1.29, 1.82) is 0 Å². The summed E-state index contributed by atoms with van der Waals surface area (Å²) in [6, 6.07) is 5.23. The number of anilines is 2.